The van der Waals surface area contributed by atoms with Crippen LogP contribution in [0.15, 0.2) is 4.52 Å². The first-order valence-electron chi connectivity index (χ1n) is 6.57. The molecule has 0 amide bonds. The minimum Gasteiger partial charge on any atom is -0.338 e. The molecular formula is C12H21N3OS3. The lowest BCUT2D eigenvalue weighted by molar-refractivity contribution is 0.348. The number of aromatic nitrogens is 2. The van der Waals surface area contributed by atoms with Gasteiger partial charge in [-0.05, 0) is 24.9 Å². The van der Waals surface area contributed by atoms with Crippen LogP contribution in [0.3, 0.4) is 0 Å². The van der Waals surface area contributed by atoms with Crippen molar-refractivity contribution in [2.75, 3.05) is 23.5 Å². The van der Waals surface area contributed by atoms with E-state index in [1.54, 1.807) is 11.8 Å². The van der Waals surface area contributed by atoms with Crippen LogP contribution in [-0.4, -0.2) is 38.9 Å². The van der Waals surface area contributed by atoms with E-state index in [1.807, 2.05) is 23.5 Å². The molecule has 1 aromatic heterocycles. The molecular weight excluding hydrogens is 298 g/mol. The van der Waals surface area contributed by atoms with Crippen LogP contribution in [0.4, 0.5) is 0 Å². The second-order valence-corrected chi connectivity index (χ2v) is 8.07. The van der Waals surface area contributed by atoms with Crippen molar-refractivity contribution in [3.63, 3.8) is 0 Å². The molecule has 2 N–H and O–H groups in total. The molecule has 2 heterocycles. The van der Waals surface area contributed by atoms with E-state index in [2.05, 4.69) is 23.3 Å². The lowest BCUT2D eigenvalue weighted by Gasteiger charge is -2.27. The first-order valence-corrected chi connectivity index (χ1v) is 10.1. The normalized spacial score (nSPS) is 25.4. The van der Waals surface area contributed by atoms with Crippen LogP contribution in [0.2, 0.25) is 0 Å². The first kappa shape index (κ1) is 15.5. The fourth-order valence-corrected chi connectivity index (χ4v) is 5.50. The van der Waals surface area contributed by atoms with E-state index in [9.17, 15) is 0 Å². The molecule has 0 saturated carbocycles. The molecule has 1 aliphatic rings. The van der Waals surface area contributed by atoms with Crippen molar-refractivity contribution in [1.29, 1.82) is 0 Å². The monoisotopic (exact) mass is 319 g/mol. The van der Waals surface area contributed by atoms with Crippen LogP contribution in [-0.2, 0) is 0 Å². The number of nitrogens with zero attached hydrogens (tertiary/aromatic N) is 2. The minimum absolute atomic E-state index is 0.130. The summed E-state index contributed by atoms with van der Waals surface area (Å²) in [4.78, 5) is 4.54. The highest BCUT2D eigenvalue weighted by Crippen LogP contribution is 2.43. The minimum atomic E-state index is -0.130. The Bertz CT molecular complexity index is 388. The molecule has 0 aliphatic carbocycles. The highest BCUT2D eigenvalue weighted by atomic mass is 32.2. The second kappa shape index (κ2) is 7.81. The van der Waals surface area contributed by atoms with Gasteiger partial charge in [-0.1, -0.05) is 12.1 Å². The average Bonchev–Trinajstić information content (AvgIpc) is 2.94. The predicted octanol–water partition coefficient (Wildman–Crippen LogP) is 3.12. The first-order chi connectivity index (χ1) is 9.26. The van der Waals surface area contributed by atoms with Crippen LogP contribution in [0.5, 0.6) is 0 Å². The van der Waals surface area contributed by atoms with Gasteiger partial charge < -0.3 is 10.3 Å². The summed E-state index contributed by atoms with van der Waals surface area (Å²) >= 11 is 5.75. The molecule has 0 radical (unpaired) electrons. The quantitative estimate of drug-likeness (QED) is 0.864. The maximum absolute atomic E-state index is 6.07. The third-order valence-electron chi connectivity index (χ3n) is 3.11. The zero-order valence-corrected chi connectivity index (χ0v) is 13.8. The summed E-state index contributed by atoms with van der Waals surface area (Å²) in [7, 11) is 0. The molecule has 0 aromatic carbocycles. The molecule has 2 unspecified atom stereocenters. The van der Waals surface area contributed by atoms with Gasteiger partial charge in [-0.15, -0.1) is 11.8 Å². The molecule has 0 bridgehead atoms. The number of hydrogen-bond acceptors (Lipinski definition) is 7. The SMILES string of the molecule is CCC1SCCSC1c1noc([C@@H](N)CCSC)n1. The Labute approximate surface area is 127 Å². The van der Waals surface area contributed by atoms with Crippen molar-refractivity contribution in [3.8, 4) is 0 Å². The molecule has 2 rings (SSSR count). The van der Waals surface area contributed by atoms with Gasteiger partial charge >= 0.3 is 0 Å². The van der Waals surface area contributed by atoms with Crippen molar-refractivity contribution < 1.29 is 4.52 Å². The molecule has 1 aliphatic heterocycles. The summed E-state index contributed by atoms with van der Waals surface area (Å²) < 4.78 is 5.35. The largest absolute Gasteiger partial charge is 0.338 e. The molecule has 0 spiro atoms. The zero-order chi connectivity index (χ0) is 13.7. The van der Waals surface area contributed by atoms with E-state index in [4.69, 9.17) is 10.3 Å². The van der Waals surface area contributed by atoms with Crippen molar-refractivity contribution in [3.05, 3.63) is 11.7 Å². The average molecular weight is 320 g/mol. The van der Waals surface area contributed by atoms with E-state index in [0.717, 1.165) is 30.2 Å². The van der Waals surface area contributed by atoms with Crippen molar-refractivity contribution >= 4 is 35.3 Å². The second-order valence-electron chi connectivity index (χ2n) is 4.49. The van der Waals surface area contributed by atoms with E-state index in [-0.39, 0.29) is 6.04 Å². The number of thioether (sulfide) groups is 3. The molecule has 19 heavy (non-hydrogen) atoms. The fraction of sp³-hybridized carbons (Fsp3) is 0.833. The van der Waals surface area contributed by atoms with Crippen LogP contribution in [0.1, 0.15) is 42.8 Å². The highest BCUT2D eigenvalue weighted by Gasteiger charge is 2.30. The summed E-state index contributed by atoms with van der Waals surface area (Å²) in [6.45, 7) is 2.22. The van der Waals surface area contributed by atoms with Gasteiger partial charge in [0, 0.05) is 16.8 Å². The summed E-state index contributed by atoms with van der Waals surface area (Å²) in [5.41, 5.74) is 6.07. The zero-order valence-electron chi connectivity index (χ0n) is 11.4. The molecule has 4 nitrogen and oxygen atoms in total. The van der Waals surface area contributed by atoms with Gasteiger partial charge in [0.25, 0.3) is 0 Å². The van der Waals surface area contributed by atoms with E-state index in [0.29, 0.717) is 16.4 Å². The Morgan fingerprint density at radius 3 is 3.00 bits per heavy atom. The predicted molar refractivity (Wildman–Crippen MR) is 86.0 cm³/mol. The van der Waals surface area contributed by atoms with Gasteiger partial charge in [-0.25, -0.2) is 0 Å². The molecule has 1 saturated heterocycles. The Kier molecular flexibility index (Phi) is 6.38. The summed E-state index contributed by atoms with van der Waals surface area (Å²) in [5, 5.41) is 5.11. The Morgan fingerprint density at radius 1 is 1.47 bits per heavy atom. The number of rotatable bonds is 6. The van der Waals surface area contributed by atoms with Crippen LogP contribution >= 0.6 is 35.3 Å². The number of nitrogens with two attached hydrogens (primary N) is 1. The molecule has 1 aromatic rings. The topological polar surface area (TPSA) is 64.9 Å². The third kappa shape index (κ3) is 4.06. The smallest absolute Gasteiger partial charge is 0.243 e. The van der Waals surface area contributed by atoms with Gasteiger partial charge in [0.15, 0.2) is 5.82 Å². The van der Waals surface area contributed by atoms with Gasteiger partial charge in [-0.3, -0.25) is 0 Å². The standard InChI is InChI=1S/C12H21N3OS3/c1-3-9-10(19-7-6-18-9)11-14-12(16-15-11)8(13)4-5-17-2/h8-10H,3-7,13H2,1-2H3/t8-,9?,10?/m0/s1. The van der Waals surface area contributed by atoms with Crippen molar-refractivity contribution in [2.45, 2.75) is 36.3 Å². The van der Waals surface area contributed by atoms with Gasteiger partial charge in [0.1, 0.15) is 0 Å². The van der Waals surface area contributed by atoms with Gasteiger partial charge in [0.05, 0.1) is 11.3 Å². The maximum atomic E-state index is 6.07. The summed E-state index contributed by atoms with van der Waals surface area (Å²) in [6.07, 6.45) is 4.10. The van der Waals surface area contributed by atoms with Gasteiger partial charge in [0.2, 0.25) is 5.89 Å². The van der Waals surface area contributed by atoms with E-state index in [1.165, 1.54) is 5.75 Å². The molecule has 1 fully saturated rings. The van der Waals surface area contributed by atoms with Crippen LogP contribution in [0, 0.1) is 0 Å². The molecule has 7 heteroatoms. The summed E-state index contributed by atoms with van der Waals surface area (Å²) in [5.74, 6) is 4.82. The Morgan fingerprint density at radius 2 is 2.26 bits per heavy atom. The van der Waals surface area contributed by atoms with Gasteiger partial charge in [-0.2, -0.15) is 28.5 Å². The lowest BCUT2D eigenvalue weighted by Crippen LogP contribution is -2.19. The maximum Gasteiger partial charge on any atom is 0.243 e. The molecule has 108 valence electrons. The third-order valence-corrected chi connectivity index (χ3v) is 7.00. The van der Waals surface area contributed by atoms with Crippen LogP contribution < -0.4 is 5.73 Å². The van der Waals surface area contributed by atoms with Crippen LogP contribution in [0.25, 0.3) is 0 Å². The van der Waals surface area contributed by atoms with Crippen molar-refractivity contribution in [1.82, 2.24) is 10.1 Å². The van der Waals surface area contributed by atoms with Crippen molar-refractivity contribution in [2.24, 2.45) is 5.73 Å². The van der Waals surface area contributed by atoms with E-state index >= 15 is 0 Å². The van der Waals surface area contributed by atoms with E-state index < -0.39 is 0 Å². The highest BCUT2D eigenvalue weighted by molar-refractivity contribution is 8.06. The Hall–Kier alpha value is 0.150. The fourth-order valence-electron chi connectivity index (χ4n) is 2.02. The summed E-state index contributed by atoms with van der Waals surface area (Å²) in [6, 6.07) is -0.130. The Balaban J connectivity index is 2.02. The lowest BCUT2D eigenvalue weighted by atomic mass is 10.2. The molecule has 3 atom stereocenters. The number of hydrogen-bond donors (Lipinski definition) is 1.